The average molecular weight is 341 g/mol. The van der Waals surface area contributed by atoms with E-state index in [4.69, 9.17) is 0 Å². The summed E-state index contributed by atoms with van der Waals surface area (Å²) in [6.07, 6.45) is 4.73. The summed E-state index contributed by atoms with van der Waals surface area (Å²) in [6, 6.07) is 0. The summed E-state index contributed by atoms with van der Waals surface area (Å²) in [5, 5.41) is 4.31. The Morgan fingerprint density at radius 3 is 2.48 bits per heavy atom. The molecule has 128 valence electrons. The second kappa shape index (κ2) is 6.21. The smallest absolute Gasteiger partial charge is 0.281 e. The number of amides is 1. The highest BCUT2D eigenvalue weighted by atomic mass is 32.2. The van der Waals surface area contributed by atoms with Crippen molar-refractivity contribution in [3.63, 3.8) is 0 Å². The maximum absolute atomic E-state index is 12.7. The molecule has 3 heterocycles. The van der Waals surface area contributed by atoms with Crippen LogP contribution in [0.3, 0.4) is 0 Å². The highest BCUT2D eigenvalue weighted by Crippen LogP contribution is 2.20. The van der Waals surface area contributed by atoms with Crippen LogP contribution in [0.1, 0.15) is 28.9 Å². The molecule has 1 fully saturated rings. The van der Waals surface area contributed by atoms with Crippen molar-refractivity contribution >= 4 is 16.1 Å². The van der Waals surface area contributed by atoms with Gasteiger partial charge in [0.2, 0.25) is 0 Å². The predicted octanol–water partition coefficient (Wildman–Crippen LogP) is -0.216. The Balaban J connectivity index is 1.68. The quantitative estimate of drug-likeness (QED) is 0.762. The zero-order valence-corrected chi connectivity index (χ0v) is 14.4. The maximum atomic E-state index is 12.7. The summed E-state index contributed by atoms with van der Waals surface area (Å²) in [5.41, 5.74) is 1.69. The molecule has 0 N–H and O–H groups in total. The van der Waals surface area contributed by atoms with E-state index in [1.807, 2.05) is 4.68 Å². The fourth-order valence-electron chi connectivity index (χ4n) is 3.12. The van der Waals surface area contributed by atoms with Gasteiger partial charge in [0.1, 0.15) is 0 Å². The predicted molar refractivity (Wildman–Crippen MR) is 85.2 cm³/mol. The molecule has 0 atom stereocenters. The van der Waals surface area contributed by atoms with Crippen molar-refractivity contribution < 1.29 is 13.2 Å². The van der Waals surface area contributed by atoms with Crippen LogP contribution in [0.4, 0.5) is 0 Å². The van der Waals surface area contributed by atoms with Gasteiger partial charge >= 0.3 is 0 Å². The van der Waals surface area contributed by atoms with E-state index in [0.717, 1.165) is 31.5 Å². The molecule has 0 spiro atoms. The molecule has 2 aliphatic heterocycles. The van der Waals surface area contributed by atoms with Gasteiger partial charge in [-0.25, -0.2) is 0 Å². The molecule has 9 heteroatoms. The van der Waals surface area contributed by atoms with Crippen molar-refractivity contribution in [2.45, 2.75) is 25.8 Å². The van der Waals surface area contributed by atoms with Gasteiger partial charge in [0, 0.05) is 46.8 Å². The highest BCUT2D eigenvalue weighted by Gasteiger charge is 2.32. The van der Waals surface area contributed by atoms with Crippen molar-refractivity contribution in [1.29, 1.82) is 0 Å². The molecule has 0 radical (unpaired) electrons. The van der Waals surface area contributed by atoms with Crippen molar-refractivity contribution in [3.05, 3.63) is 17.5 Å². The van der Waals surface area contributed by atoms with Crippen molar-refractivity contribution in [2.75, 3.05) is 40.3 Å². The minimum absolute atomic E-state index is 0.0324. The Hall–Kier alpha value is -1.45. The van der Waals surface area contributed by atoms with Gasteiger partial charge in [-0.2, -0.15) is 22.1 Å². The minimum Gasteiger partial charge on any atom is -0.336 e. The summed E-state index contributed by atoms with van der Waals surface area (Å²) >= 11 is 0. The molecule has 1 saturated heterocycles. The lowest BCUT2D eigenvalue weighted by Gasteiger charge is -2.35. The first-order valence-corrected chi connectivity index (χ1v) is 9.32. The molecule has 0 unspecified atom stereocenters. The Kier molecular flexibility index (Phi) is 4.43. The molecular formula is C14H23N5O3S. The highest BCUT2D eigenvalue weighted by molar-refractivity contribution is 7.86. The van der Waals surface area contributed by atoms with Gasteiger partial charge in [-0.05, 0) is 19.3 Å². The van der Waals surface area contributed by atoms with Crippen molar-refractivity contribution in [2.24, 2.45) is 0 Å². The molecule has 0 bridgehead atoms. The zero-order valence-electron chi connectivity index (χ0n) is 13.6. The van der Waals surface area contributed by atoms with E-state index in [2.05, 4.69) is 5.10 Å². The second-order valence-corrected chi connectivity index (χ2v) is 8.31. The second-order valence-electron chi connectivity index (χ2n) is 6.17. The van der Waals surface area contributed by atoms with E-state index >= 15 is 0 Å². The normalized spacial score (nSPS) is 19.9. The van der Waals surface area contributed by atoms with E-state index < -0.39 is 10.2 Å². The molecule has 1 aromatic rings. The number of piperazine rings is 1. The molecule has 0 aromatic carbocycles. The molecule has 0 saturated carbocycles. The summed E-state index contributed by atoms with van der Waals surface area (Å²) in [7, 11) is -0.365. The van der Waals surface area contributed by atoms with Crippen LogP contribution in [0.2, 0.25) is 0 Å². The Labute approximate surface area is 136 Å². The van der Waals surface area contributed by atoms with Crippen molar-refractivity contribution in [1.82, 2.24) is 23.3 Å². The fourth-order valence-corrected chi connectivity index (χ4v) is 4.21. The SMILES string of the molecule is CN(C)S(=O)(=O)N1CCN(C(=O)c2cnn3c2CCCC3)CC1. The standard InChI is InChI=1S/C14H23N5O3S/c1-16(2)23(21,22)18-9-7-17(8-10-18)14(20)12-11-15-19-6-4-3-5-13(12)19/h11H,3-10H2,1-2H3. The minimum atomic E-state index is -3.41. The Morgan fingerprint density at radius 2 is 1.83 bits per heavy atom. The van der Waals surface area contributed by atoms with Gasteiger partial charge in [0.15, 0.2) is 0 Å². The summed E-state index contributed by atoms with van der Waals surface area (Å²) < 4.78 is 28.8. The van der Waals surface area contributed by atoms with Crippen LogP contribution in [0, 0.1) is 0 Å². The topological polar surface area (TPSA) is 78.8 Å². The van der Waals surface area contributed by atoms with Gasteiger partial charge < -0.3 is 4.90 Å². The third-order valence-corrected chi connectivity index (χ3v) is 6.47. The molecule has 0 aliphatic carbocycles. The van der Waals surface area contributed by atoms with Crippen LogP contribution >= 0.6 is 0 Å². The first kappa shape index (κ1) is 16.4. The summed E-state index contributed by atoms with van der Waals surface area (Å²) in [4.78, 5) is 14.4. The maximum Gasteiger partial charge on any atom is 0.281 e. The van der Waals surface area contributed by atoms with Crippen LogP contribution in [-0.4, -0.2) is 77.9 Å². The summed E-state index contributed by atoms with van der Waals surface area (Å²) in [6.45, 7) is 2.36. The Bertz CT molecular complexity index is 689. The molecule has 8 nitrogen and oxygen atoms in total. The number of nitrogens with zero attached hydrogens (tertiary/aromatic N) is 5. The van der Waals surface area contributed by atoms with Crippen LogP contribution in [0.15, 0.2) is 6.20 Å². The van der Waals surface area contributed by atoms with Crippen LogP contribution in [0.25, 0.3) is 0 Å². The summed E-state index contributed by atoms with van der Waals surface area (Å²) in [5.74, 6) is -0.0324. The fraction of sp³-hybridized carbons (Fsp3) is 0.714. The molecular weight excluding hydrogens is 318 g/mol. The van der Waals surface area contributed by atoms with Crippen molar-refractivity contribution in [3.8, 4) is 0 Å². The average Bonchev–Trinajstić information content (AvgIpc) is 2.98. The van der Waals surface area contributed by atoms with Gasteiger partial charge in [0.25, 0.3) is 16.1 Å². The van der Waals surface area contributed by atoms with Crippen LogP contribution < -0.4 is 0 Å². The van der Waals surface area contributed by atoms with Gasteiger partial charge in [-0.15, -0.1) is 0 Å². The largest absolute Gasteiger partial charge is 0.336 e. The number of fused-ring (bicyclic) bond motifs is 1. The molecule has 1 aromatic heterocycles. The molecule has 3 rings (SSSR count). The van der Waals surface area contributed by atoms with E-state index in [1.54, 1.807) is 11.1 Å². The van der Waals surface area contributed by atoms with Crippen LogP contribution in [-0.2, 0) is 23.2 Å². The zero-order chi connectivity index (χ0) is 16.6. The number of aromatic nitrogens is 2. The number of carbonyl (C=O) groups excluding carboxylic acids is 1. The Morgan fingerprint density at radius 1 is 1.13 bits per heavy atom. The van der Waals surface area contributed by atoms with E-state index in [0.29, 0.717) is 31.7 Å². The monoisotopic (exact) mass is 341 g/mol. The first-order chi connectivity index (χ1) is 10.9. The van der Waals surface area contributed by atoms with E-state index in [-0.39, 0.29) is 5.91 Å². The number of rotatable bonds is 3. The first-order valence-electron chi connectivity index (χ1n) is 7.93. The van der Waals surface area contributed by atoms with Gasteiger partial charge in [0.05, 0.1) is 17.5 Å². The number of aryl methyl sites for hydroxylation is 1. The molecule has 2 aliphatic rings. The lowest BCUT2D eigenvalue weighted by molar-refractivity contribution is 0.0693. The van der Waals surface area contributed by atoms with Gasteiger partial charge in [-0.1, -0.05) is 0 Å². The van der Waals surface area contributed by atoms with E-state index in [1.165, 1.54) is 22.7 Å². The molecule has 1 amide bonds. The van der Waals surface area contributed by atoms with Gasteiger partial charge in [-0.3, -0.25) is 9.48 Å². The van der Waals surface area contributed by atoms with E-state index in [9.17, 15) is 13.2 Å². The lowest BCUT2D eigenvalue weighted by atomic mass is 10.1. The number of hydrogen-bond donors (Lipinski definition) is 0. The van der Waals surface area contributed by atoms with Crippen LogP contribution in [0.5, 0.6) is 0 Å². The number of hydrogen-bond acceptors (Lipinski definition) is 4. The number of carbonyl (C=O) groups is 1. The lowest BCUT2D eigenvalue weighted by Crippen LogP contribution is -2.53. The third-order valence-electron chi connectivity index (χ3n) is 4.53. The third kappa shape index (κ3) is 3.00. The molecule has 23 heavy (non-hydrogen) atoms.